The van der Waals surface area contributed by atoms with Crippen molar-refractivity contribution < 1.29 is 9.59 Å². The zero-order chi connectivity index (χ0) is 19.8. The number of nitrogens with one attached hydrogen (secondary N) is 1. The van der Waals surface area contributed by atoms with Gasteiger partial charge in [0.15, 0.2) is 0 Å². The molecule has 0 aliphatic carbocycles. The fraction of sp³-hybridized carbons (Fsp3) is 0.391. The van der Waals surface area contributed by atoms with Gasteiger partial charge in [-0.1, -0.05) is 43.2 Å². The number of amides is 2. The smallest absolute Gasteiger partial charge is 0.253 e. The summed E-state index contributed by atoms with van der Waals surface area (Å²) in [5.41, 5.74) is 2.66. The number of rotatable bonds is 6. The summed E-state index contributed by atoms with van der Waals surface area (Å²) in [7, 11) is 1.81. The summed E-state index contributed by atoms with van der Waals surface area (Å²) in [4.78, 5) is 28.6. The Bertz CT molecular complexity index is 766. The molecule has 0 saturated carbocycles. The highest BCUT2D eigenvalue weighted by Crippen LogP contribution is 2.15. The number of nitrogens with zero attached hydrogens (tertiary/aromatic N) is 2. The average molecular weight is 380 g/mol. The third-order valence-electron chi connectivity index (χ3n) is 5.16. The van der Waals surface area contributed by atoms with Crippen LogP contribution in [0.25, 0.3) is 0 Å². The van der Waals surface area contributed by atoms with E-state index in [1.54, 1.807) is 11.9 Å². The second-order valence-corrected chi connectivity index (χ2v) is 7.37. The van der Waals surface area contributed by atoms with E-state index in [4.69, 9.17) is 0 Å². The van der Waals surface area contributed by atoms with Crippen molar-refractivity contribution >= 4 is 17.5 Å². The number of carbonyl (C=O) groups excluding carboxylic acids is 2. The minimum Gasteiger partial charge on any atom is -0.376 e. The highest BCUT2D eigenvalue weighted by Gasteiger charge is 2.17. The van der Waals surface area contributed by atoms with Gasteiger partial charge in [-0.2, -0.15) is 0 Å². The Morgan fingerprint density at radius 1 is 0.929 bits per heavy atom. The monoisotopic (exact) mass is 379 g/mol. The maximum atomic E-state index is 12.6. The summed E-state index contributed by atoms with van der Waals surface area (Å²) < 4.78 is 0. The van der Waals surface area contributed by atoms with Gasteiger partial charge in [-0.15, -0.1) is 0 Å². The van der Waals surface area contributed by atoms with Gasteiger partial charge < -0.3 is 15.1 Å². The Kier molecular flexibility index (Phi) is 7.06. The molecule has 148 valence electrons. The van der Waals surface area contributed by atoms with Crippen molar-refractivity contribution in [1.29, 1.82) is 0 Å². The van der Waals surface area contributed by atoms with Gasteiger partial charge in [0.25, 0.3) is 5.91 Å². The number of likely N-dealkylation sites (tertiary alicyclic amines) is 1. The van der Waals surface area contributed by atoms with Crippen molar-refractivity contribution in [2.75, 3.05) is 32.0 Å². The molecule has 5 nitrogen and oxygen atoms in total. The van der Waals surface area contributed by atoms with Gasteiger partial charge in [0, 0.05) is 37.9 Å². The predicted molar refractivity (Wildman–Crippen MR) is 112 cm³/mol. The largest absolute Gasteiger partial charge is 0.376 e. The zero-order valence-corrected chi connectivity index (χ0v) is 16.6. The molecule has 28 heavy (non-hydrogen) atoms. The quantitative estimate of drug-likeness (QED) is 0.831. The summed E-state index contributed by atoms with van der Waals surface area (Å²) in [6.45, 7) is 2.51. The first-order valence-electron chi connectivity index (χ1n) is 10.0. The Hall–Kier alpha value is -2.82. The lowest BCUT2D eigenvalue weighted by Gasteiger charge is -2.20. The first-order chi connectivity index (χ1) is 13.6. The number of hydrogen-bond acceptors (Lipinski definition) is 3. The molecule has 0 bridgehead atoms. The molecular formula is C23H29N3O2. The molecule has 1 aliphatic heterocycles. The minimum absolute atomic E-state index is 0.0218. The molecule has 0 aromatic heterocycles. The Labute approximate surface area is 167 Å². The van der Waals surface area contributed by atoms with Crippen LogP contribution in [-0.4, -0.2) is 48.3 Å². The van der Waals surface area contributed by atoms with E-state index in [9.17, 15) is 9.59 Å². The van der Waals surface area contributed by atoms with Crippen LogP contribution in [0.3, 0.4) is 0 Å². The summed E-state index contributed by atoms with van der Waals surface area (Å²) in [5.74, 6) is 0.126. The molecule has 0 radical (unpaired) electrons. The second-order valence-electron chi connectivity index (χ2n) is 7.37. The first-order valence-corrected chi connectivity index (χ1v) is 10.0. The lowest BCUT2D eigenvalue weighted by molar-refractivity contribution is -0.128. The molecule has 0 unspecified atom stereocenters. The van der Waals surface area contributed by atoms with Crippen LogP contribution in [0.15, 0.2) is 54.6 Å². The van der Waals surface area contributed by atoms with Crippen molar-refractivity contribution in [3.8, 4) is 0 Å². The third-order valence-corrected chi connectivity index (χ3v) is 5.16. The molecule has 1 aliphatic rings. The highest BCUT2D eigenvalue weighted by atomic mass is 16.2. The van der Waals surface area contributed by atoms with E-state index >= 15 is 0 Å². The van der Waals surface area contributed by atoms with Gasteiger partial charge in [0.05, 0.1) is 6.54 Å². The SMILES string of the molecule is CN(Cc1ccccc1)C(=O)CNc1ccc(C(=O)N2CCCCCC2)cc1. The summed E-state index contributed by atoms with van der Waals surface area (Å²) in [6.07, 6.45) is 4.59. The van der Waals surface area contributed by atoms with Crippen molar-refractivity contribution in [2.24, 2.45) is 0 Å². The van der Waals surface area contributed by atoms with Gasteiger partial charge in [-0.3, -0.25) is 9.59 Å². The fourth-order valence-electron chi connectivity index (χ4n) is 3.45. The van der Waals surface area contributed by atoms with Gasteiger partial charge >= 0.3 is 0 Å². The van der Waals surface area contributed by atoms with Crippen molar-refractivity contribution in [3.63, 3.8) is 0 Å². The number of likely N-dealkylation sites (N-methyl/N-ethyl adjacent to an activating group) is 1. The van der Waals surface area contributed by atoms with E-state index < -0.39 is 0 Å². The fourth-order valence-corrected chi connectivity index (χ4v) is 3.45. The Balaban J connectivity index is 1.49. The highest BCUT2D eigenvalue weighted by molar-refractivity contribution is 5.94. The van der Waals surface area contributed by atoms with Crippen molar-refractivity contribution in [3.05, 3.63) is 65.7 Å². The predicted octanol–water partition coefficient (Wildman–Crippen LogP) is 3.77. The topological polar surface area (TPSA) is 52.7 Å². The standard InChI is InChI=1S/C23H29N3O2/c1-25(18-19-9-5-4-6-10-19)22(27)17-24-21-13-11-20(12-14-21)23(28)26-15-7-2-3-8-16-26/h4-6,9-14,24H,2-3,7-8,15-18H2,1H3. The van der Waals surface area contributed by atoms with Crippen LogP contribution < -0.4 is 5.32 Å². The van der Waals surface area contributed by atoms with E-state index in [1.165, 1.54) is 12.8 Å². The first kappa shape index (κ1) is 19.9. The molecule has 1 saturated heterocycles. The van der Waals surface area contributed by atoms with Gasteiger partial charge in [-0.25, -0.2) is 0 Å². The van der Waals surface area contributed by atoms with Crippen LogP contribution in [0.5, 0.6) is 0 Å². The number of carbonyl (C=O) groups is 2. The molecule has 1 fully saturated rings. The lowest BCUT2D eigenvalue weighted by atomic mass is 10.1. The second kappa shape index (κ2) is 9.93. The Morgan fingerprint density at radius 3 is 2.21 bits per heavy atom. The minimum atomic E-state index is 0.0218. The van der Waals surface area contributed by atoms with E-state index in [2.05, 4.69) is 5.32 Å². The van der Waals surface area contributed by atoms with Crippen LogP contribution in [0.1, 0.15) is 41.6 Å². The van der Waals surface area contributed by atoms with Crippen LogP contribution in [0.2, 0.25) is 0 Å². The average Bonchev–Trinajstić information content (AvgIpc) is 3.02. The maximum absolute atomic E-state index is 12.6. The molecule has 1 N–H and O–H groups in total. The normalized spacial score (nSPS) is 14.2. The molecule has 0 atom stereocenters. The van der Waals surface area contributed by atoms with Crippen LogP contribution in [0.4, 0.5) is 5.69 Å². The lowest BCUT2D eigenvalue weighted by Crippen LogP contribution is -2.32. The van der Waals surface area contributed by atoms with Gasteiger partial charge in [-0.05, 0) is 42.7 Å². The molecule has 2 aromatic rings. The summed E-state index contributed by atoms with van der Waals surface area (Å²) >= 11 is 0. The molecule has 2 aromatic carbocycles. The maximum Gasteiger partial charge on any atom is 0.253 e. The number of anilines is 1. The number of benzene rings is 2. The van der Waals surface area contributed by atoms with E-state index in [0.717, 1.165) is 37.2 Å². The summed E-state index contributed by atoms with van der Waals surface area (Å²) in [5, 5.41) is 3.15. The van der Waals surface area contributed by atoms with E-state index in [1.807, 2.05) is 59.5 Å². The molecule has 1 heterocycles. The van der Waals surface area contributed by atoms with Crippen molar-refractivity contribution in [2.45, 2.75) is 32.2 Å². The number of hydrogen-bond donors (Lipinski definition) is 1. The summed E-state index contributed by atoms with van der Waals surface area (Å²) in [6, 6.07) is 17.4. The molecule has 5 heteroatoms. The third kappa shape index (κ3) is 5.59. The molecular weight excluding hydrogens is 350 g/mol. The van der Waals surface area contributed by atoms with E-state index in [0.29, 0.717) is 12.1 Å². The molecule has 2 amide bonds. The zero-order valence-electron chi connectivity index (χ0n) is 16.6. The molecule has 0 spiro atoms. The van der Waals surface area contributed by atoms with Gasteiger partial charge in [0.2, 0.25) is 5.91 Å². The van der Waals surface area contributed by atoms with Crippen LogP contribution in [0, 0.1) is 0 Å². The van der Waals surface area contributed by atoms with E-state index in [-0.39, 0.29) is 18.4 Å². The van der Waals surface area contributed by atoms with Gasteiger partial charge in [0.1, 0.15) is 0 Å². The van der Waals surface area contributed by atoms with Crippen LogP contribution in [-0.2, 0) is 11.3 Å². The molecule has 3 rings (SSSR count). The Morgan fingerprint density at radius 2 is 1.57 bits per heavy atom. The van der Waals surface area contributed by atoms with Crippen LogP contribution >= 0.6 is 0 Å². The van der Waals surface area contributed by atoms with Crippen molar-refractivity contribution in [1.82, 2.24) is 9.80 Å².